The molecule has 0 unspecified atom stereocenters. The summed E-state index contributed by atoms with van der Waals surface area (Å²) in [5.74, 6) is 1.20. The van der Waals surface area contributed by atoms with Gasteiger partial charge in [0.1, 0.15) is 0 Å². The first kappa shape index (κ1) is 19.1. The van der Waals surface area contributed by atoms with Gasteiger partial charge in [-0.3, -0.25) is 4.31 Å². The van der Waals surface area contributed by atoms with Crippen LogP contribution in [0, 0.1) is 6.92 Å². The Bertz CT molecular complexity index is 906. The molecule has 4 rings (SSSR count). The molecule has 7 nitrogen and oxygen atoms in total. The molecule has 1 saturated carbocycles. The van der Waals surface area contributed by atoms with Crippen molar-refractivity contribution in [2.75, 3.05) is 16.6 Å². The highest BCUT2D eigenvalue weighted by Gasteiger charge is 2.36. The van der Waals surface area contributed by atoms with Crippen molar-refractivity contribution in [3.8, 4) is 11.5 Å². The van der Waals surface area contributed by atoms with Crippen LogP contribution < -0.4 is 10.0 Å². The summed E-state index contributed by atoms with van der Waals surface area (Å²) < 4.78 is 31.1. The molecule has 26 heavy (non-hydrogen) atoms. The Labute approximate surface area is 159 Å². The van der Waals surface area contributed by atoms with E-state index in [9.17, 15) is 8.42 Å². The summed E-state index contributed by atoms with van der Waals surface area (Å²) >= 11 is 0. The van der Waals surface area contributed by atoms with E-state index in [-0.39, 0.29) is 18.2 Å². The molecule has 1 aliphatic carbocycles. The van der Waals surface area contributed by atoms with E-state index in [0.717, 1.165) is 36.8 Å². The van der Waals surface area contributed by atoms with Crippen molar-refractivity contribution in [1.82, 2.24) is 10.1 Å². The number of anilines is 1. The van der Waals surface area contributed by atoms with Gasteiger partial charge in [0.15, 0.2) is 5.82 Å². The Hall–Kier alpha value is -1.64. The van der Waals surface area contributed by atoms with Crippen LogP contribution in [-0.2, 0) is 15.6 Å². The molecule has 0 bridgehead atoms. The third-order valence-electron chi connectivity index (χ3n) is 5.19. The molecule has 1 aromatic carbocycles. The molecule has 2 heterocycles. The van der Waals surface area contributed by atoms with Crippen LogP contribution in [0.2, 0.25) is 0 Å². The van der Waals surface area contributed by atoms with Gasteiger partial charge in [0.25, 0.3) is 5.89 Å². The number of halogens is 1. The van der Waals surface area contributed by atoms with Crippen LogP contribution in [-0.4, -0.2) is 30.9 Å². The molecule has 1 aromatic heterocycles. The summed E-state index contributed by atoms with van der Waals surface area (Å²) in [6, 6.07) is 5.49. The Morgan fingerprint density at radius 3 is 2.58 bits per heavy atom. The predicted octanol–water partition coefficient (Wildman–Crippen LogP) is 2.73. The fraction of sp³-hybridized carbons (Fsp3) is 0.529. The molecule has 0 spiro atoms. The topological polar surface area (TPSA) is 102 Å². The number of nitrogens with zero attached hydrogens (tertiary/aromatic N) is 3. The van der Waals surface area contributed by atoms with Crippen LogP contribution in [0.3, 0.4) is 0 Å². The van der Waals surface area contributed by atoms with Crippen molar-refractivity contribution in [2.45, 2.75) is 44.6 Å². The van der Waals surface area contributed by atoms with Crippen molar-refractivity contribution >= 4 is 28.1 Å². The normalized spacial score (nSPS) is 20.9. The fourth-order valence-electron chi connectivity index (χ4n) is 3.74. The van der Waals surface area contributed by atoms with Crippen molar-refractivity contribution in [3.05, 3.63) is 29.6 Å². The molecule has 9 heteroatoms. The SMILES string of the molecule is Cc1cc(N2CCCS2(=O)=O)ccc1-c1nc(C2(N)CCCC2)no1.Cl. The maximum Gasteiger partial charge on any atom is 0.258 e. The first-order chi connectivity index (χ1) is 11.9. The summed E-state index contributed by atoms with van der Waals surface area (Å²) in [6.07, 6.45) is 4.57. The standard InChI is InChI=1S/C17H22N4O3S.ClH/c1-12-11-13(21-9-4-10-25(21,22)23)5-6-14(12)15-19-16(20-24-15)17(18)7-2-3-8-17;/h5-6,11H,2-4,7-10,18H2,1H3;1H. The average molecular weight is 399 g/mol. The molecule has 2 N–H and O–H groups in total. The van der Waals surface area contributed by atoms with Gasteiger partial charge in [-0.1, -0.05) is 18.0 Å². The zero-order chi connectivity index (χ0) is 17.7. The van der Waals surface area contributed by atoms with Gasteiger partial charge in [-0.2, -0.15) is 4.98 Å². The molecule has 0 radical (unpaired) electrons. The number of hydrogen-bond donors (Lipinski definition) is 1. The van der Waals surface area contributed by atoms with Crippen molar-refractivity contribution < 1.29 is 12.9 Å². The van der Waals surface area contributed by atoms with Gasteiger partial charge in [0, 0.05) is 12.1 Å². The molecule has 2 fully saturated rings. The number of sulfonamides is 1. The molecule has 142 valence electrons. The highest BCUT2D eigenvalue weighted by molar-refractivity contribution is 7.93. The lowest BCUT2D eigenvalue weighted by Gasteiger charge is -2.18. The lowest BCUT2D eigenvalue weighted by molar-refractivity contribution is 0.372. The van der Waals surface area contributed by atoms with E-state index >= 15 is 0 Å². The van der Waals surface area contributed by atoms with Crippen LogP contribution >= 0.6 is 12.4 Å². The second-order valence-electron chi connectivity index (χ2n) is 7.03. The van der Waals surface area contributed by atoms with Gasteiger partial charge in [0.05, 0.1) is 17.0 Å². The second kappa shape index (κ2) is 6.83. The van der Waals surface area contributed by atoms with Crippen LogP contribution in [0.1, 0.15) is 43.5 Å². The highest BCUT2D eigenvalue weighted by atomic mass is 35.5. The number of aromatic nitrogens is 2. The van der Waals surface area contributed by atoms with E-state index in [1.807, 2.05) is 19.1 Å². The number of nitrogens with two attached hydrogens (primary N) is 1. The molecule has 0 amide bonds. The second-order valence-corrected chi connectivity index (χ2v) is 9.04. The smallest absolute Gasteiger partial charge is 0.258 e. The first-order valence-electron chi connectivity index (χ1n) is 8.64. The van der Waals surface area contributed by atoms with Gasteiger partial charge in [-0.15, -0.1) is 12.4 Å². The minimum atomic E-state index is -3.18. The quantitative estimate of drug-likeness (QED) is 0.852. The van der Waals surface area contributed by atoms with Crippen LogP contribution in [0.15, 0.2) is 22.7 Å². The third-order valence-corrected chi connectivity index (χ3v) is 7.06. The van der Waals surface area contributed by atoms with Gasteiger partial charge in [-0.05, 0) is 49.9 Å². The van der Waals surface area contributed by atoms with E-state index in [0.29, 0.717) is 30.4 Å². The highest BCUT2D eigenvalue weighted by Crippen LogP contribution is 2.36. The van der Waals surface area contributed by atoms with Gasteiger partial charge < -0.3 is 10.3 Å². The van der Waals surface area contributed by atoms with Gasteiger partial charge >= 0.3 is 0 Å². The fourth-order valence-corrected chi connectivity index (χ4v) is 5.29. The van der Waals surface area contributed by atoms with Crippen molar-refractivity contribution in [1.29, 1.82) is 0 Å². The molecule has 1 saturated heterocycles. The first-order valence-corrected chi connectivity index (χ1v) is 10.2. The zero-order valence-corrected chi connectivity index (χ0v) is 16.3. The number of hydrogen-bond acceptors (Lipinski definition) is 6. The Kier molecular flexibility index (Phi) is 5.02. The summed E-state index contributed by atoms with van der Waals surface area (Å²) in [7, 11) is -3.18. The number of aryl methyl sites for hydroxylation is 1. The van der Waals surface area contributed by atoms with Crippen LogP contribution in [0.4, 0.5) is 5.69 Å². The van der Waals surface area contributed by atoms with E-state index in [1.165, 1.54) is 4.31 Å². The number of rotatable bonds is 3. The summed E-state index contributed by atoms with van der Waals surface area (Å²) in [4.78, 5) is 4.52. The van der Waals surface area contributed by atoms with Gasteiger partial charge in [0.2, 0.25) is 10.0 Å². The summed E-state index contributed by atoms with van der Waals surface area (Å²) in [6.45, 7) is 2.45. The molecule has 2 aromatic rings. The maximum absolute atomic E-state index is 12.1. The van der Waals surface area contributed by atoms with E-state index in [2.05, 4.69) is 10.1 Å². The average Bonchev–Trinajstić information content (AvgIpc) is 3.27. The lowest BCUT2D eigenvalue weighted by Crippen LogP contribution is -2.34. The number of benzene rings is 1. The van der Waals surface area contributed by atoms with E-state index < -0.39 is 15.6 Å². The monoisotopic (exact) mass is 398 g/mol. The zero-order valence-electron chi connectivity index (χ0n) is 14.6. The predicted molar refractivity (Wildman–Crippen MR) is 102 cm³/mol. The van der Waals surface area contributed by atoms with Gasteiger partial charge in [-0.25, -0.2) is 8.42 Å². The van der Waals surface area contributed by atoms with E-state index in [1.54, 1.807) is 6.07 Å². The minimum absolute atomic E-state index is 0. The van der Waals surface area contributed by atoms with Crippen LogP contribution in [0.25, 0.3) is 11.5 Å². The molecule has 1 aliphatic heterocycles. The van der Waals surface area contributed by atoms with Crippen LogP contribution in [0.5, 0.6) is 0 Å². The summed E-state index contributed by atoms with van der Waals surface area (Å²) in [5.41, 5.74) is 8.29. The Morgan fingerprint density at radius 2 is 1.96 bits per heavy atom. The molecular weight excluding hydrogens is 376 g/mol. The minimum Gasteiger partial charge on any atom is -0.334 e. The lowest BCUT2D eigenvalue weighted by atomic mass is 9.98. The molecule has 0 atom stereocenters. The van der Waals surface area contributed by atoms with Crippen molar-refractivity contribution in [2.24, 2.45) is 5.73 Å². The third kappa shape index (κ3) is 3.21. The Balaban J connectivity index is 0.00000196. The van der Waals surface area contributed by atoms with E-state index in [4.69, 9.17) is 10.3 Å². The Morgan fingerprint density at radius 1 is 1.23 bits per heavy atom. The maximum atomic E-state index is 12.1. The summed E-state index contributed by atoms with van der Waals surface area (Å²) in [5, 5.41) is 4.09. The largest absolute Gasteiger partial charge is 0.334 e. The molecular formula is C17H23ClN4O3S. The molecule has 2 aliphatic rings. The van der Waals surface area contributed by atoms with Crippen molar-refractivity contribution in [3.63, 3.8) is 0 Å².